The standard InChI is InChI=1S/C10H11BrO2/c1-7-2-4-8(5-3-7)10(13-11)9-6-12-9/h2-5,9-10H,6H2,1H3. The van der Waals surface area contributed by atoms with Crippen molar-refractivity contribution < 1.29 is 8.57 Å². The minimum absolute atomic E-state index is 0.0283. The molecule has 1 heterocycles. The summed E-state index contributed by atoms with van der Waals surface area (Å²) in [6, 6.07) is 8.30. The Balaban J connectivity index is 2.17. The molecule has 2 nitrogen and oxygen atoms in total. The number of rotatable bonds is 3. The van der Waals surface area contributed by atoms with Crippen molar-refractivity contribution in [1.82, 2.24) is 0 Å². The molecule has 2 unspecified atom stereocenters. The van der Waals surface area contributed by atoms with Crippen molar-refractivity contribution in [3.05, 3.63) is 35.4 Å². The summed E-state index contributed by atoms with van der Waals surface area (Å²) in [6.07, 6.45) is 0.252. The third kappa shape index (κ3) is 2.10. The van der Waals surface area contributed by atoms with Gasteiger partial charge in [0.1, 0.15) is 12.2 Å². The van der Waals surface area contributed by atoms with E-state index in [1.165, 1.54) is 5.56 Å². The van der Waals surface area contributed by atoms with Crippen molar-refractivity contribution in [2.75, 3.05) is 6.61 Å². The lowest BCUT2D eigenvalue weighted by molar-refractivity contribution is 0.204. The number of aryl methyl sites for hydroxylation is 1. The molecule has 1 saturated heterocycles. The van der Waals surface area contributed by atoms with Crippen molar-refractivity contribution in [3.63, 3.8) is 0 Å². The van der Waals surface area contributed by atoms with Crippen LogP contribution < -0.4 is 0 Å². The number of benzene rings is 1. The summed E-state index contributed by atoms with van der Waals surface area (Å²) in [5, 5.41) is 0. The predicted octanol–water partition coefficient (Wildman–Crippen LogP) is 2.76. The maximum atomic E-state index is 5.19. The van der Waals surface area contributed by atoms with Crippen molar-refractivity contribution in [1.29, 1.82) is 0 Å². The molecule has 70 valence electrons. The van der Waals surface area contributed by atoms with Crippen molar-refractivity contribution in [2.45, 2.75) is 19.1 Å². The number of hydrogen-bond donors (Lipinski definition) is 0. The van der Waals surface area contributed by atoms with Crippen LogP contribution in [0.3, 0.4) is 0 Å². The van der Waals surface area contributed by atoms with Crippen LogP contribution in [0.4, 0.5) is 0 Å². The lowest BCUT2D eigenvalue weighted by Crippen LogP contribution is -2.05. The van der Waals surface area contributed by atoms with Crippen LogP contribution in [0.2, 0.25) is 0 Å². The van der Waals surface area contributed by atoms with Gasteiger partial charge in [0, 0.05) is 0 Å². The van der Waals surface area contributed by atoms with Crippen molar-refractivity contribution in [2.24, 2.45) is 0 Å². The summed E-state index contributed by atoms with van der Waals surface area (Å²) < 4.78 is 10.4. The second-order valence-corrected chi connectivity index (χ2v) is 3.67. The Bertz CT molecular complexity index is 279. The van der Waals surface area contributed by atoms with E-state index >= 15 is 0 Å². The van der Waals surface area contributed by atoms with E-state index in [1.807, 2.05) is 0 Å². The molecule has 3 heteroatoms. The van der Waals surface area contributed by atoms with Gasteiger partial charge in [-0.3, -0.25) is 3.83 Å². The van der Waals surface area contributed by atoms with E-state index in [0.717, 1.165) is 12.2 Å². The molecule has 1 aromatic rings. The van der Waals surface area contributed by atoms with Crippen LogP contribution in [0.5, 0.6) is 0 Å². The molecule has 0 bridgehead atoms. The molecule has 0 saturated carbocycles. The summed E-state index contributed by atoms with van der Waals surface area (Å²) in [5.41, 5.74) is 2.42. The van der Waals surface area contributed by atoms with Gasteiger partial charge in [-0.2, -0.15) is 0 Å². The van der Waals surface area contributed by atoms with Gasteiger partial charge in [0.25, 0.3) is 0 Å². The molecule has 1 aromatic carbocycles. The average molecular weight is 243 g/mol. The van der Waals surface area contributed by atoms with Crippen LogP contribution in [-0.4, -0.2) is 12.7 Å². The molecule has 1 aliphatic rings. The highest BCUT2D eigenvalue weighted by Crippen LogP contribution is 2.32. The third-order valence-corrected chi connectivity index (χ3v) is 2.60. The minimum atomic E-state index is 0.0283. The van der Waals surface area contributed by atoms with Crippen LogP contribution >= 0.6 is 16.3 Å². The lowest BCUT2D eigenvalue weighted by atomic mass is 10.1. The average Bonchev–Trinajstić information content (AvgIpc) is 2.93. The highest BCUT2D eigenvalue weighted by atomic mass is 79.9. The Morgan fingerprint density at radius 3 is 2.54 bits per heavy atom. The fourth-order valence-electron chi connectivity index (χ4n) is 1.31. The maximum Gasteiger partial charge on any atom is 0.125 e. The normalized spacial score (nSPS) is 22.8. The number of hydrogen-bond acceptors (Lipinski definition) is 2. The highest BCUT2D eigenvalue weighted by molar-refractivity contribution is 9.06. The Labute approximate surface area is 86.3 Å². The molecule has 0 amide bonds. The topological polar surface area (TPSA) is 21.8 Å². The highest BCUT2D eigenvalue weighted by Gasteiger charge is 2.34. The number of halogens is 1. The summed E-state index contributed by atoms with van der Waals surface area (Å²) in [6.45, 7) is 2.87. The molecule has 2 atom stereocenters. The van der Waals surface area contributed by atoms with Crippen molar-refractivity contribution in [3.8, 4) is 0 Å². The molecule has 0 radical (unpaired) electrons. The van der Waals surface area contributed by atoms with E-state index in [0.29, 0.717) is 0 Å². The summed E-state index contributed by atoms with van der Waals surface area (Å²) in [7, 11) is 0. The van der Waals surface area contributed by atoms with Gasteiger partial charge in [0.2, 0.25) is 0 Å². The molecule has 1 aliphatic heterocycles. The summed E-state index contributed by atoms with van der Waals surface area (Å²) in [5.74, 6) is 0. The van der Waals surface area contributed by atoms with E-state index in [9.17, 15) is 0 Å². The fourth-order valence-corrected chi connectivity index (χ4v) is 1.77. The number of ether oxygens (including phenoxy) is 1. The first-order chi connectivity index (χ1) is 6.31. The Morgan fingerprint density at radius 2 is 2.08 bits per heavy atom. The predicted molar refractivity (Wildman–Crippen MR) is 53.7 cm³/mol. The lowest BCUT2D eigenvalue weighted by Gasteiger charge is -2.10. The minimum Gasteiger partial charge on any atom is -0.370 e. The van der Waals surface area contributed by atoms with Gasteiger partial charge in [-0.1, -0.05) is 29.8 Å². The quantitative estimate of drug-likeness (QED) is 0.761. The molecule has 2 rings (SSSR count). The summed E-state index contributed by atoms with van der Waals surface area (Å²) >= 11 is 3.03. The zero-order valence-electron chi connectivity index (χ0n) is 7.37. The second-order valence-electron chi connectivity index (χ2n) is 3.29. The van der Waals surface area contributed by atoms with E-state index in [-0.39, 0.29) is 12.2 Å². The van der Waals surface area contributed by atoms with Gasteiger partial charge in [-0.15, -0.1) is 0 Å². The Morgan fingerprint density at radius 1 is 1.46 bits per heavy atom. The summed E-state index contributed by atoms with van der Waals surface area (Å²) in [4.78, 5) is 0. The molecule has 0 aliphatic carbocycles. The smallest absolute Gasteiger partial charge is 0.125 e. The molecule has 13 heavy (non-hydrogen) atoms. The first kappa shape index (κ1) is 9.19. The van der Waals surface area contributed by atoms with Crippen LogP contribution in [0.1, 0.15) is 17.2 Å². The van der Waals surface area contributed by atoms with Crippen molar-refractivity contribution >= 4 is 16.3 Å². The van der Waals surface area contributed by atoms with Crippen LogP contribution in [0.15, 0.2) is 24.3 Å². The van der Waals surface area contributed by atoms with E-state index < -0.39 is 0 Å². The third-order valence-electron chi connectivity index (χ3n) is 2.20. The monoisotopic (exact) mass is 242 g/mol. The van der Waals surface area contributed by atoms with E-state index in [1.54, 1.807) is 0 Å². The Hall–Kier alpha value is -0.380. The van der Waals surface area contributed by atoms with Gasteiger partial charge in [-0.05, 0) is 12.5 Å². The molecular weight excluding hydrogens is 232 g/mol. The number of epoxide rings is 1. The molecule has 0 aromatic heterocycles. The van der Waals surface area contributed by atoms with Crippen LogP contribution in [0, 0.1) is 6.92 Å². The second kappa shape index (κ2) is 3.78. The van der Waals surface area contributed by atoms with Gasteiger partial charge in [-0.25, -0.2) is 0 Å². The Kier molecular flexibility index (Phi) is 2.67. The largest absolute Gasteiger partial charge is 0.370 e. The first-order valence-electron chi connectivity index (χ1n) is 4.27. The van der Waals surface area contributed by atoms with E-state index in [2.05, 4.69) is 47.4 Å². The zero-order valence-corrected chi connectivity index (χ0v) is 8.95. The molecule has 1 fully saturated rings. The van der Waals surface area contributed by atoms with Gasteiger partial charge in [0.05, 0.1) is 22.9 Å². The van der Waals surface area contributed by atoms with E-state index in [4.69, 9.17) is 8.57 Å². The van der Waals surface area contributed by atoms with Gasteiger partial charge < -0.3 is 4.74 Å². The zero-order chi connectivity index (χ0) is 9.26. The van der Waals surface area contributed by atoms with Crippen LogP contribution in [0.25, 0.3) is 0 Å². The SMILES string of the molecule is Cc1ccc(C(OBr)C2CO2)cc1. The van der Waals surface area contributed by atoms with Gasteiger partial charge in [0.15, 0.2) is 0 Å². The molecule has 0 N–H and O–H groups in total. The van der Waals surface area contributed by atoms with Gasteiger partial charge >= 0.3 is 0 Å². The molecule has 0 spiro atoms. The fraction of sp³-hybridized carbons (Fsp3) is 0.400. The van der Waals surface area contributed by atoms with Crippen LogP contribution in [-0.2, 0) is 8.57 Å². The maximum absolute atomic E-state index is 5.19. The first-order valence-corrected chi connectivity index (χ1v) is 4.91. The molecular formula is C10H11BrO2.